The number of carbonyl (C=O) groups excluding carboxylic acids is 2. The second kappa shape index (κ2) is 18.6. The van der Waals surface area contributed by atoms with E-state index in [9.17, 15) is 14.2 Å². The van der Waals surface area contributed by atoms with Crippen LogP contribution in [0.1, 0.15) is 27.7 Å². The highest BCUT2D eigenvalue weighted by molar-refractivity contribution is 8.55. The maximum absolute atomic E-state index is 12.1. The van der Waals surface area contributed by atoms with E-state index in [4.69, 9.17) is 9.05 Å². The van der Waals surface area contributed by atoms with Crippen LogP contribution in [0.5, 0.6) is 0 Å². The fourth-order valence-corrected chi connectivity index (χ4v) is 4.86. The van der Waals surface area contributed by atoms with Gasteiger partial charge in [0.2, 0.25) is 12.2 Å². The Morgan fingerprint density at radius 2 is 1.42 bits per heavy atom. The van der Waals surface area contributed by atoms with Crippen molar-refractivity contribution in [3.63, 3.8) is 0 Å². The Hall–Kier alpha value is -0.780. The molecule has 0 N–H and O–H groups in total. The fraction of sp³-hybridized carbons (Fsp3) is 0.857. The summed E-state index contributed by atoms with van der Waals surface area (Å²) in [6, 6.07) is 0. The molecule has 0 amide bonds. The molecule has 0 atom stereocenters. The largest absolute Gasteiger partial charge is 0.389 e. The molecule has 0 unspecified atom stereocenters. The molecule has 10 heteroatoms. The van der Waals surface area contributed by atoms with E-state index in [-0.39, 0.29) is 13.1 Å². The van der Waals surface area contributed by atoms with Gasteiger partial charge in [-0.2, -0.15) is 0 Å². The molecule has 0 aromatic rings. The van der Waals surface area contributed by atoms with Crippen molar-refractivity contribution in [2.24, 2.45) is 9.98 Å². The predicted molar refractivity (Wildman–Crippen MR) is 97.1 cm³/mol. The first-order valence-electron chi connectivity index (χ1n) is 7.86. The van der Waals surface area contributed by atoms with Crippen molar-refractivity contribution in [2.45, 2.75) is 27.7 Å². The van der Waals surface area contributed by atoms with E-state index in [0.29, 0.717) is 13.2 Å². The Bertz CT molecular complexity index is 408. The third kappa shape index (κ3) is 16.1. The van der Waals surface area contributed by atoms with E-state index in [1.165, 1.54) is 23.5 Å². The Kier molecular flexibility index (Phi) is 19.7. The van der Waals surface area contributed by atoms with E-state index in [1.54, 1.807) is 0 Å². The summed E-state index contributed by atoms with van der Waals surface area (Å²) in [4.78, 5) is 27.2. The molecule has 0 saturated heterocycles. The molecule has 0 aromatic carbocycles. The maximum Gasteiger partial charge on any atom is 0.389 e. The van der Waals surface area contributed by atoms with Crippen molar-refractivity contribution in [3.05, 3.63) is 0 Å². The molecule has 0 fully saturated rings. The Labute approximate surface area is 148 Å². The van der Waals surface area contributed by atoms with Crippen molar-refractivity contribution in [1.82, 2.24) is 4.90 Å². The van der Waals surface area contributed by atoms with Gasteiger partial charge in [0.15, 0.2) is 0 Å². The lowest BCUT2D eigenvalue weighted by molar-refractivity contribution is 0.236. The van der Waals surface area contributed by atoms with E-state index < -0.39 is 6.80 Å². The van der Waals surface area contributed by atoms with Gasteiger partial charge in [-0.1, -0.05) is 13.8 Å². The standard InChI is InChI=1S/C10H24NO3PS.C4H4N2O2/c1-5-11(6-2)9-10-16-15(12,13-7-3)14-8-4;7-3-5-1-2-6-4-8/h5-10H2,1-4H3;1-2H2. The molecule has 0 saturated carbocycles. The summed E-state index contributed by atoms with van der Waals surface area (Å²) in [5.74, 6) is 0.777. The third-order valence-electron chi connectivity index (χ3n) is 2.58. The Morgan fingerprint density at radius 1 is 0.958 bits per heavy atom. The van der Waals surface area contributed by atoms with Gasteiger partial charge in [-0.05, 0) is 38.3 Å². The summed E-state index contributed by atoms with van der Waals surface area (Å²) in [6.45, 7) is 9.25. The average molecular weight is 381 g/mol. The molecule has 140 valence electrons. The highest BCUT2D eigenvalue weighted by Crippen LogP contribution is 2.60. The van der Waals surface area contributed by atoms with E-state index in [2.05, 4.69) is 28.7 Å². The van der Waals surface area contributed by atoms with Gasteiger partial charge >= 0.3 is 6.80 Å². The van der Waals surface area contributed by atoms with Crippen LogP contribution in [0.2, 0.25) is 0 Å². The molecule has 0 aliphatic carbocycles. The van der Waals surface area contributed by atoms with Crippen LogP contribution in [-0.4, -0.2) is 68.8 Å². The van der Waals surface area contributed by atoms with Crippen LogP contribution in [0.3, 0.4) is 0 Å². The Morgan fingerprint density at radius 3 is 1.75 bits per heavy atom. The normalized spacial score (nSPS) is 10.4. The van der Waals surface area contributed by atoms with Crippen LogP contribution in [0.25, 0.3) is 0 Å². The van der Waals surface area contributed by atoms with Crippen molar-refractivity contribution in [2.75, 3.05) is 51.7 Å². The summed E-state index contributed by atoms with van der Waals surface area (Å²) < 4.78 is 22.5. The summed E-state index contributed by atoms with van der Waals surface area (Å²) in [5.41, 5.74) is 0. The molecular formula is C14H28N3O5PS. The maximum atomic E-state index is 12.1. The van der Waals surface area contributed by atoms with Crippen LogP contribution in [0.15, 0.2) is 9.98 Å². The summed E-state index contributed by atoms with van der Waals surface area (Å²) in [5, 5.41) is 0. The smallest absolute Gasteiger partial charge is 0.303 e. The lowest BCUT2D eigenvalue weighted by Crippen LogP contribution is -2.25. The SMILES string of the molecule is CCOP(=O)(OCC)SCCN(CC)CC.O=C=NCCN=C=O. The van der Waals surface area contributed by atoms with Gasteiger partial charge < -0.3 is 13.9 Å². The quantitative estimate of drug-likeness (QED) is 0.209. The first-order valence-corrected chi connectivity index (χ1v) is 11.0. The monoisotopic (exact) mass is 381 g/mol. The van der Waals surface area contributed by atoms with Gasteiger partial charge in [-0.15, -0.1) is 0 Å². The molecule has 0 bridgehead atoms. The van der Waals surface area contributed by atoms with E-state index in [1.807, 2.05) is 13.8 Å². The lowest BCUT2D eigenvalue weighted by Gasteiger charge is -2.20. The Balaban J connectivity index is 0. The topological polar surface area (TPSA) is 97.6 Å². The van der Waals surface area contributed by atoms with Crippen LogP contribution < -0.4 is 0 Å². The van der Waals surface area contributed by atoms with Crippen LogP contribution in [0.4, 0.5) is 0 Å². The number of nitrogens with zero attached hydrogens (tertiary/aromatic N) is 3. The zero-order valence-electron chi connectivity index (χ0n) is 14.9. The van der Waals surface area contributed by atoms with Crippen molar-refractivity contribution in [1.29, 1.82) is 0 Å². The van der Waals surface area contributed by atoms with E-state index >= 15 is 0 Å². The van der Waals surface area contributed by atoms with Crippen molar-refractivity contribution < 1.29 is 23.2 Å². The minimum atomic E-state index is -2.91. The van der Waals surface area contributed by atoms with E-state index in [0.717, 1.165) is 25.4 Å². The lowest BCUT2D eigenvalue weighted by atomic mass is 10.5. The first kappa shape index (κ1) is 25.5. The number of hydrogen-bond donors (Lipinski definition) is 0. The van der Waals surface area contributed by atoms with Gasteiger partial charge in [0.25, 0.3) is 0 Å². The van der Waals surface area contributed by atoms with Gasteiger partial charge in [0.05, 0.1) is 26.3 Å². The fourth-order valence-electron chi connectivity index (χ4n) is 1.44. The highest BCUT2D eigenvalue weighted by Gasteiger charge is 2.24. The van der Waals surface area contributed by atoms with Crippen molar-refractivity contribution >= 4 is 30.3 Å². The summed E-state index contributed by atoms with van der Waals surface area (Å²) in [6.07, 6.45) is 2.62. The zero-order chi connectivity index (χ0) is 18.7. The molecule has 24 heavy (non-hydrogen) atoms. The molecule has 0 aliphatic rings. The number of aliphatic imine (C=N–C) groups is 2. The molecular weight excluding hydrogens is 353 g/mol. The minimum absolute atomic E-state index is 0.221. The van der Waals surface area contributed by atoms with Crippen LogP contribution in [0, 0.1) is 0 Å². The molecule has 0 aliphatic heterocycles. The molecule has 0 radical (unpaired) electrons. The number of hydrogen-bond acceptors (Lipinski definition) is 9. The first-order chi connectivity index (χ1) is 11.5. The number of rotatable bonds is 13. The summed E-state index contributed by atoms with van der Waals surface area (Å²) in [7, 11) is 0. The van der Waals surface area contributed by atoms with Gasteiger partial charge in [0.1, 0.15) is 0 Å². The van der Waals surface area contributed by atoms with Gasteiger partial charge in [-0.3, -0.25) is 0 Å². The second-order valence-corrected chi connectivity index (χ2v) is 8.28. The molecule has 0 spiro atoms. The zero-order valence-corrected chi connectivity index (χ0v) is 16.6. The highest BCUT2D eigenvalue weighted by atomic mass is 32.7. The average Bonchev–Trinajstić information content (AvgIpc) is 2.57. The number of isocyanates is 2. The minimum Gasteiger partial charge on any atom is -0.303 e. The van der Waals surface area contributed by atoms with Gasteiger partial charge in [-0.25, -0.2) is 24.1 Å². The molecule has 0 rings (SSSR count). The molecule has 0 heterocycles. The second-order valence-electron chi connectivity index (χ2n) is 4.09. The third-order valence-corrected chi connectivity index (χ3v) is 6.54. The van der Waals surface area contributed by atoms with Crippen molar-refractivity contribution in [3.8, 4) is 0 Å². The van der Waals surface area contributed by atoms with Crippen LogP contribution in [-0.2, 0) is 23.2 Å². The molecule has 0 aromatic heterocycles. The molecule has 8 nitrogen and oxygen atoms in total. The predicted octanol–water partition coefficient (Wildman–Crippen LogP) is 2.90. The summed E-state index contributed by atoms with van der Waals surface area (Å²) >= 11 is 1.30. The van der Waals surface area contributed by atoms with Gasteiger partial charge in [0, 0.05) is 12.3 Å². The van der Waals surface area contributed by atoms with Crippen LogP contribution >= 0.6 is 18.2 Å².